The molecule has 0 N–H and O–H groups in total. The van der Waals surface area contributed by atoms with E-state index >= 15 is 0 Å². The van der Waals surface area contributed by atoms with Gasteiger partial charge in [-0.2, -0.15) is 5.10 Å². The molecule has 0 aliphatic rings. The van der Waals surface area contributed by atoms with Gasteiger partial charge in [-0.05, 0) is 54.3 Å². The maximum Gasteiger partial charge on any atom is 0.331 e. The van der Waals surface area contributed by atoms with Crippen LogP contribution in [0.3, 0.4) is 0 Å². The highest BCUT2D eigenvalue weighted by Gasteiger charge is 2.13. The molecule has 0 aliphatic carbocycles. The molecule has 0 bridgehead atoms. The van der Waals surface area contributed by atoms with Crippen molar-refractivity contribution in [2.45, 2.75) is 13.0 Å². The largest absolute Gasteiger partial charge is 0.455 e. The van der Waals surface area contributed by atoms with Gasteiger partial charge in [0.2, 0.25) is 0 Å². The zero-order chi connectivity index (χ0) is 20.9. The monoisotopic (exact) mass is 418 g/mol. The predicted octanol–water partition coefficient (Wildman–Crippen LogP) is 6.06. The molecule has 1 atom stereocenters. The van der Waals surface area contributed by atoms with E-state index in [0.717, 1.165) is 27.4 Å². The summed E-state index contributed by atoms with van der Waals surface area (Å²) < 4.78 is 20.3. The standard InChI is InChI=1S/C24H19FN2O2S/c1-17(18-9-12-20(25)13-10-18)29-23(28)14-11-19-16-27(21-6-3-2-4-7-21)26-24(19)22-8-5-15-30-22/h2-17H,1H3/b14-11+/t17-/m1/s1. The maximum absolute atomic E-state index is 13.1. The van der Waals surface area contributed by atoms with Crippen LogP contribution in [-0.4, -0.2) is 15.7 Å². The molecule has 0 spiro atoms. The fourth-order valence-corrected chi connectivity index (χ4v) is 3.73. The fourth-order valence-electron chi connectivity index (χ4n) is 3.00. The number of aromatic nitrogens is 2. The van der Waals surface area contributed by atoms with Crippen molar-refractivity contribution in [3.8, 4) is 16.3 Å². The number of halogens is 1. The number of carbonyl (C=O) groups excluding carboxylic acids is 1. The van der Waals surface area contributed by atoms with Gasteiger partial charge in [0.05, 0.1) is 10.6 Å². The van der Waals surface area contributed by atoms with E-state index in [4.69, 9.17) is 9.84 Å². The number of nitrogens with zero attached hydrogens (tertiary/aromatic N) is 2. The summed E-state index contributed by atoms with van der Waals surface area (Å²) in [5.41, 5.74) is 3.27. The van der Waals surface area contributed by atoms with E-state index in [1.54, 1.807) is 41.2 Å². The minimum Gasteiger partial charge on any atom is -0.455 e. The summed E-state index contributed by atoms with van der Waals surface area (Å²) in [4.78, 5) is 13.3. The van der Waals surface area contributed by atoms with Crippen molar-refractivity contribution < 1.29 is 13.9 Å². The molecule has 0 saturated heterocycles. The molecule has 0 aliphatic heterocycles. The van der Waals surface area contributed by atoms with Crippen LogP contribution in [0, 0.1) is 5.82 Å². The summed E-state index contributed by atoms with van der Waals surface area (Å²) in [6.07, 6.45) is 4.51. The molecule has 6 heteroatoms. The Balaban J connectivity index is 1.55. The molecule has 0 radical (unpaired) electrons. The fraction of sp³-hybridized carbons (Fsp3) is 0.0833. The highest BCUT2D eigenvalue weighted by molar-refractivity contribution is 7.13. The number of thiophene rings is 1. The van der Waals surface area contributed by atoms with Crippen LogP contribution in [0.5, 0.6) is 0 Å². The number of carbonyl (C=O) groups is 1. The third kappa shape index (κ3) is 4.55. The van der Waals surface area contributed by atoms with E-state index in [0.29, 0.717) is 0 Å². The van der Waals surface area contributed by atoms with E-state index in [1.807, 2.05) is 54.0 Å². The van der Waals surface area contributed by atoms with Gasteiger partial charge in [-0.1, -0.05) is 36.4 Å². The van der Waals surface area contributed by atoms with Crippen LogP contribution < -0.4 is 0 Å². The van der Waals surface area contributed by atoms with E-state index in [9.17, 15) is 9.18 Å². The number of esters is 1. The Morgan fingerprint density at radius 3 is 2.57 bits per heavy atom. The van der Waals surface area contributed by atoms with E-state index in [-0.39, 0.29) is 5.82 Å². The number of benzene rings is 2. The van der Waals surface area contributed by atoms with Crippen molar-refractivity contribution in [2.24, 2.45) is 0 Å². The van der Waals surface area contributed by atoms with Gasteiger partial charge in [-0.25, -0.2) is 13.9 Å². The molecule has 0 saturated carbocycles. The maximum atomic E-state index is 13.1. The van der Waals surface area contributed by atoms with Gasteiger partial charge in [-0.15, -0.1) is 11.3 Å². The van der Waals surface area contributed by atoms with Crippen LogP contribution in [-0.2, 0) is 9.53 Å². The van der Waals surface area contributed by atoms with E-state index in [2.05, 4.69) is 0 Å². The molecule has 0 unspecified atom stereocenters. The van der Waals surface area contributed by atoms with E-state index < -0.39 is 12.1 Å². The Bertz CT molecular complexity index is 1150. The van der Waals surface area contributed by atoms with Crippen LogP contribution in [0.25, 0.3) is 22.3 Å². The first kappa shape index (κ1) is 19.8. The molecule has 2 heterocycles. The van der Waals surface area contributed by atoms with Crippen molar-refractivity contribution in [1.29, 1.82) is 0 Å². The Morgan fingerprint density at radius 1 is 1.10 bits per heavy atom. The second kappa shape index (κ2) is 8.88. The summed E-state index contributed by atoms with van der Waals surface area (Å²) in [5.74, 6) is -0.801. The Labute approximate surface area is 177 Å². The second-order valence-electron chi connectivity index (χ2n) is 6.65. The van der Waals surface area contributed by atoms with Crippen molar-refractivity contribution in [1.82, 2.24) is 9.78 Å². The van der Waals surface area contributed by atoms with Crippen LogP contribution >= 0.6 is 11.3 Å². The quantitative estimate of drug-likeness (QED) is 0.282. The average Bonchev–Trinajstić information content (AvgIpc) is 3.43. The molecule has 4 nitrogen and oxygen atoms in total. The first-order valence-corrected chi connectivity index (χ1v) is 10.3. The molecule has 30 heavy (non-hydrogen) atoms. The topological polar surface area (TPSA) is 44.1 Å². The van der Waals surface area contributed by atoms with Gasteiger partial charge >= 0.3 is 5.97 Å². The first-order chi connectivity index (χ1) is 14.6. The Kier molecular flexibility index (Phi) is 5.86. The summed E-state index contributed by atoms with van der Waals surface area (Å²) >= 11 is 1.59. The highest BCUT2D eigenvalue weighted by atomic mass is 32.1. The Hall–Kier alpha value is -3.51. The summed E-state index contributed by atoms with van der Waals surface area (Å²) in [5, 5.41) is 6.69. The highest BCUT2D eigenvalue weighted by Crippen LogP contribution is 2.28. The molecular formula is C24H19FN2O2S. The van der Waals surface area contributed by atoms with Crippen LogP contribution in [0.15, 0.2) is 84.4 Å². The summed E-state index contributed by atoms with van der Waals surface area (Å²) in [6, 6.07) is 19.7. The number of para-hydroxylation sites is 1. The van der Waals surface area contributed by atoms with Crippen LogP contribution in [0.2, 0.25) is 0 Å². The minimum absolute atomic E-state index is 0.325. The zero-order valence-corrected chi connectivity index (χ0v) is 17.1. The SMILES string of the molecule is C[C@@H](OC(=O)/C=C/c1cn(-c2ccccc2)nc1-c1cccs1)c1ccc(F)cc1. The zero-order valence-electron chi connectivity index (χ0n) is 16.2. The molecule has 0 fully saturated rings. The molecule has 150 valence electrons. The molecule has 2 aromatic carbocycles. The van der Waals surface area contributed by atoms with Gasteiger partial charge in [0, 0.05) is 17.8 Å². The number of hydrogen-bond acceptors (Lipinski definition) is 4. The lowest BCUT2D eigenvalue weighted by Gasteiger charge is -2.11. The summed E-state index contributed by atoms with van der Waals surface area (Å²) in [7, 11) is 0. The number of ether oxygens (including phenoxy) is 1. The molecule has 4 rings (SSSR count). The minimum atomic E-state index is -0.480. The second-order valence-corrected chi connectivity index (χ2v) is 7.60. The first-order valence-electron chi connectivity index (χ1n) is 9.43. The Morgan fingerprint density at radius 2 is 1.87 bits per heavy atom. The summed E-state index contributed by atoms with van der Waals surface area (Å²) in [6.45, 7) is 1.75. The van der Waals surface area contributed by atoms with Gasteiger partial charge in [-0.3, -0.25) is 0 Å². The smallest absolute Gasteiger partial charge is 0.331 e. The van der Waals surface area contributed by atoms with Gasteiger partial charge in [0.15, 0.2) is 0 Å². The van der Waals surface area contributed by atoms with Crippen molar-refractivity contribution in [3.05, 3.63) is 101 Å². The van der Waals surface area contributed by atoms with Crippen LogP contribution in [0.4, 0.5) is 4.39 Å². The van der Waals surface area contributed by atoms with Gasteiger partial charge < -0.3 is 4.74 Å². The van der Waals surface area contributed by atoms with Crippen molar-refractivity contribution in [2.75, 3.05) is 0 Å². The van der Waals surface area contributed by atoms with Crippen molar-refractivity contribution >= 4 is 23.4 Å². The molecule has 2 aromatic heterocycles. The molecule has 4 aromatic rings. The lowest BCUT2D eigenvalue weighted by Crippen LogP contribution is -2.06. The third-order valence-corrected chi connectivity index (χ3v) is 5.43. The average molecular weight is 418 g/mol. The van der Waals surface area contributed by atoms with Crippen LogP contribution in [0.1, 0.15) is 24.2 Å². The van der Waals surface area contributed by atoms with Crippen molar-refractivity contribution in [3.63, 3.8) is 0 Å². The van der Waals surface area contributed by atoms with Gasteiger partial charge in [0.25, 0.3) is 0 Å². The molecular weight excluding hydrogens is 399 g/mol. The lowest BCUT2D eigenvalue weighted by molar-refractivity contribution is -0.142. The third-order valence-electron chi connectivity index (χ3n) is 4.55. The predicted molar refractivity (Wildman–Crippen MR) is 117 cm³/mol. The number of rotatable bonds is 6. The molecule has 0 amide bonds. The normalized spacial score (nSPS) is 12.2. The van der Waals surface area contributed by atoms with E-state index in [1.165, 1.54) is 18.2 Å². The van der Waals surface area contributed by atoms with Gasteiger partial charge in [0.1, 0.15) is 17.6 Å². The lowest BCUT2D eigenvalue weighted by atomic mass is 10.1. The number of hydrogen-bond donors (Lipinski definition) is 0.